The third kappa shape index (κ3) is 3.55. The molecule has 4 heteroatoms. The van der Waals surface area contributed by atoms with E-state index >= 15 is 0 Å². The molecule has 2 rings (SSSR count). The van der Waals surface area contributed by atoms with E-state index in [9.17, 15) is 4.79 Å². The van der Waals surface area contributed by atoms with Gasteiger partial charge in [0.2, 0.25) is 0 Å². The van der Waals surface area contributed by atoms with E-state index in [1.54, 1.807) is 0 Å². The van der Waals surface area contributed by atoms with Gasteiger partial charge in [0, 0.05) is 44.8 Å². The van der Waals surface area contributed by atoms with Crippen molar-refractivity contribution in [3.8, 4) is 0 Å². The van der Waals surface area contributed by atoms with E-state index in [-0.39, 0.29) is 5.91 Å². The Balaban J connectivity index is 2.00. The fourth-order valence-electron chi connectivity index (χ4n) is 2.20. The topological polar surface area (TPSA) is 44.4 Å². The summed E-state index contributed by atoms with van der Waals surface area (Å²) < 4.78 is 0. The van der Waals surface area contributed by atoms with Crippen LogP contribution in [0, 0.1) is 0 Å². The summed E-state index contributed by atoms with van der Waals surface area (Å²) in [4.78, 5) is 14.2. The summed E-state index contributed by atoms with van der Waals surface area (Å²) in [6.07, 6.45) is 0. The molecule has 1 aromatic carbocycles. The predicted octanol–water partition coefficient (Wildman–Crippen LogP) is 0.841. The average Bonchev–Trinajstić information content (AvgIpc) is 2.40. The predicted molar refractivity (Wildman–Crippen MR) is 72.6 cm³/mol. The van der Waals surface area contributed by atoms with Crippen LogP contribution in [0.2, 0.25) is 0 Å². The number of hydrogen-bond donors (Lipinski definition) is 2. The number of carbonyl (C=O) groups is 1. The molecule has 18 heavy (non-hydrogen) atoms. The number of nitrogens with zero attached hydrogens (tertiary/aromatic N) is 1. The molecule has 0 aromatic heterocycles. The molecule has 2 N–H and O–H groups in total. The SMILES string of the molecule is CCNC(=O)c1cccc(CN2CCNCC2)c1. The molecule has 0 aliphatic carbocycles. The molecule has 1 heterocycles. The maximum absolute atomic E-state index is 11.8. The van der Waals surface area contributed by atoms with E-state index in [4.69, 9.17) is 0 Å². The van der Waals surface area contributed by atoms with Gasteiger partial charge in [0.05, 0.1) is 0 Å². The van der Waals surface area contributed by atoms with Gasteiger partial charge in [0.15, 0.2) is 0 Å². The van der Waals surface area contributed by atoms with Crippen LogP contribution in [0.15, 0.2) is 24.3 Å². The third-order valence-corrected chi connectivity index (χ3v) is 3.14. The van der Waals surface area contributed by atoms with Gasteiger partial charge in [-0.2, -0.15) is 0 Å². The number of hydrogen-bond acceptors (Lipinski definition) is 3. The summed E-state index contributed by atoms with van der Waals surface area (Å²) in [5.74, 6) is 0.0136. The highest BCUT2D eigenvalue weighted by atomic mass is 16.1. The third-order valence-electron chi connectivity index (χ3n) is 3.14. The smallest absolute Gasteiger partial charge is 0.251 e. The average molecular weight is 247 g/mol. The number of piperazine rings is 1. The molecule has 0 bridgehead atoms. The van der Waals surface area contributed by atoms with Crippen LogP contribution in [-0.2, 0) is 6.54 Å². The molecule has 98 valence electrons. The van der Waals surface area contributed by atoms with Crippen LogP contribution in [0.5, 0.6) is 0 Å². The Kier molecular flexibility index (Phi) is 4.73. The first-order valence-electron chi connectivity index (χ1n) is 6.60. The lowest BCUT2D eigenvalue weighted by Crippen LogP contribution is -2.42. The molecular weight excluding hydrogens is 226 g/mol. The minimum atomic E-state index is 0.0136. The fraction of sp³-hybridized carbons (Fsp3) is 0.500. The lowest BCUT2D eigenvalue weighted by molar-refractivity contribution is 0.0955. The second-order valence-electron chi connectivity index (χ2n) is 4.59. The van der Waals surface area contributed by atoms with Gasteiger partial charge in [0.1, 0.15) is 0 Å². The van der Waals surface area contributed by atoms with Crippen LogP contribution < -0.4 is 10.6 Å². The van der Waals surface area contributed by atoms with E-state index in [0.29, 0.717) is 6.54 Å². The summed E-state index contributed by atoms with van der Waals surface area (Å²) in [6.45, 7) is 7.78. The summed E-state index contributed by atoms with van der Waals surface area (Å²) in [6, 6.07) is 7.91. The maximum Gasteiger partial charge on any atom is 0.251 e. The van der Waals surface area contributed by atoms with E-state index in [2.05, 4.69) is 21.6 Å². The van der Waals surface area contributed by atoms with Crippen molar-refractivity contribution in [3.63, 3.8) is 0 Å². The molecule has 1 amide bonds. The second kappa shape index (κ2) is 6.52. The first kappa shape index (κ1) is 13.1. The Morgan fingerprint density at radius 3 is 2.89 bits per heavy atom. The van der Waals surface area contributed by atoms with Gasteiger partial charge in [0.25, 0.3) is 5.91 Å². The van der Waals surface area contributed by atoms with Crippen molar-refractivity contribution in [2.45, 2.75) is 13.5 Å². The minimum Gasteiger partial charge on any atom is -0.352 e. The minimum absolute atomic E-state index is 0.0136. The van der Waals surface area contributed by atoms with E-state index < -0.39 is 0 Å². The highest BCUT2D eigenvalue weighted by Gasteiger charge is 2.11. The highest BCUT2D eigenvalue weighted by molar-refractivity contribution is 5.94. The first-order chi connectivity index (χ1) is 8.79. The van der Waals surface area contributed by atoms with Gasteiger partial charge in [-0.3, -0.25) is 9.69 Å². The highest BCUT2D eigenvalue weighted by Crippen LogP contribution is 2.09. The van der Waals surface area contributed by atoms with Crippen LogP contribution in [0.1, 0.15) is 22.8 Å². The zero-order valence-electron chi connectivity index (χ0n) is 10.9. The van der Waals surface area contributed by atoms with Crippen LogP contribution in [0.4, 0.5) is 0 Å². The number of rotatable bonds is 4. The van der Waals surface area contributed by atoms with E-state index in [1.165, 1.54) is 5.56 Å². The van der Waals surface area contributed by atoms with Gasteiger partial charge >= 0.3 is 0 Å². The van der Waals surface area contributed by atoms with Crippen molar-refractivity contribution in [3.05, 3.63) is 35.4 Å². The standard InChI is InChI=1S/C14H21N3O/c1-2-16-14(18)13-5-3-4-12(10-13)11-17-8-6-15-7-9-17/h3-5,10,15H,2,6-9,11H2,1H3,(H,16,18). The molecule has 1 saturated heterocycles. The number of carbonyl (C=O) groups excluding carboxylic acids is 1. The Morgan fingerprint density at radius 1 is 1.39 bits per heavy atom. The molecule has 0 saturated carbocycles. The zero-order chi connectivity index (χ0) is 12.8. The van der Waals surface area contributed by atoms with Crippen molar-refractivity contribution in [2.75, 3.05) is 32.7 Å². The number of nitrogens with one attached hydrogen (secondary N) is 2. The largest absolute Gasteiger partial charge is 0.352 e. The molecule has 0 spiro atoms. The van der Waals surface area contributed by atoms with Gasteiger partial charge in [-0.15, -0.1) is 0 Å². The Bertz CT molecular complexity index is 400. The Hall–Kier alpha value is -1.39. The first-order valence-corrected chi connectivity index (χ1v) is 6.60. The van der Waals surface area contributed by atoms with Crippen LogP contribution in [0.25, 0.3) is 0 Å². The molecule has 1 aliphatic heterocycles. The zero-order valence-corrected chi connectivity index (χ0v) is 10.9. The van der Waals surface area contributed by atoms with Crippen LogP contribution >= 0.6 is 0 Å². The van der Waals surface area contributed by atoms with Crippen molar-refractivity contribution >= 4 is 5.91 Å². The van der Waals surface area contributed by atoms with Gasteiger partial charge in [-0.25, -0.2) is 0 Å². The van der Waals surface area contributed by atoms with Gasteiger partial charge in [-0.05, 0) is 24.6 Å². The maximum atomic E-state index is 11.8. The Morgan fingerprint density at radius 2 is 2.17 bits per heavy atom. The van der Waals surface area contributed by atoms with Crippen molar-refractivity contribution in [1.29, 1.82) is 0 Å². The van der Waals surface area contributed by atoms with Gasteiger partial charge in [-0.1, -0.05) is 12.1 Å². The van der Waals surface area contributed by atoms with Gasteiger partial charge < -0.3 is 10.6 Å². The fourth-order valence-corrected chi connectivity index (χ4v) is 2.20. The summed E-state index contributed by atoms with van der Waals surface area (Å²) >= 11 is 0. The second-order valence-corrected chi connectivity index (χ2v) is 4.59. The number of amides is 1. The van der Waals surface area contributed by atoms with Crippen LogP contribution in [-0.4, -0.2) is 43.5 Å². The molecule has 1 aliphatic rings. The summed E-state index contributed by atoms with van der Waals surface area (Å²) in [7, 11) is 0. The molecule has 0 unspecified atom stereocenters. The number of benzene rings is 1. The lowest BCUT2D eigenvalue weighted by Gasteiger charge is -2.27. The Labute approximate surface area is 108 Å². The molecule has 1 aromatic rings. The normalized spacial score (nSPS) is 16.5. The van der Waals surface area contributed by atoms with Crippen LogP contribution in [0.3, 0.4) is 0 Å². The van der Waals surface area contributed by atoms with E-state index in [1.807, 2.05) is 25.1 Å². The van der Waals surface area contributed by atoms with E-state index in [0.717, 1.165) is 38.3 Å². The molecule has 1 fully saturated rings. The van der Waals surface area contributed by atoms with Crippen molar-refractivity contribution in [1.82, 2.24) is 15.5 Å². The summed E-state index contributed by atoms with van der Waals surface area (Å²) in [5, 5.41) is 6.17. The molecular formula is C14H21N3O. The summed E-state index contributed by atoms with van der Waals surface area (Å²) in [5.41, 5.74) is 1.96. The molecule has 0 atom stereocenters. The molecule has 0 radical (unpaired) electrons. The monoisotopic (exact) mass is 247 g/mol. The quantitative estimate of drug-likeness (QED) is 0.829. The van der Waals surface area contributed by atoms with Crippen molar-refractivity contribution < 1.29 is 4.79 Å². The van der Waals surface area contributed by atoms with Crippen molar-refractivity contribution in [2.24, 2.45) is 0 Å². The lowest BCUT2D eigenvalue weighted by atomic mass is 10.1. The molecule has 4 nitrogen and oxygen atoms in total.